The molecule has 0 spiro atoms. The van der Waals surface area contributed by atoms with E-state index in [0.29, 0.717) is 18.6 Å². The molecule has 1 atom stereocenters. The lowest BCUT2D eigenvalue weighted by molar-refractivity contribution is 0.0979. The molecule has 2 N–H and O–H groups in total. The van der Waals surface area contributed by atoms with Crippen LogP contribution in [0.15, 0.2) is 24.5 Å². The van der Waals surface area contributed by atoms with Crippen molar-refractivity contribution in [1.29, 1.82) is 0 Å². The molecule has 0 bridgehead atoms. The van der Waals surface area contributed by atoms with Gasteiger partial charge in [-0.3, -0.25) is 0 Å². The molecule has 2 aromatic rings. The minimum Gasteiger partial charge on any atom is -0.399 e. The van der Waals surface area contributed by atoms with E-state index in [1.165, 1.54) is 0 Å². The van der Waals surface area contributed by atoms with Crippen molar-refractivity contribution in [3.05, 3.63) is 24.5 Å². The molecule has 98 valence electrons. The van der Waals surface area contributed by atoms with Crippen LogP contribution in [0.25, 0.3) is 11.0 Å². The fourth-order valence-electron chi connectivity index (χ4n) is 2.15. The van der Waals surface area contributed by atoms with E-state index in [1.54, 1.807) is 0 Å². The van der Waals surface area contributed by atoms with Crippen LogP contribution in [0.2, 0.25) is 0 Å². The van der Waals surface area contributed by atoms with Crippen LogP contribution in [0.4, 0.5) is 5.69 Å². The summed E-state index contributed by atoms with van der Waals surface area (Å²) in [5, 5.41) is 0. The molecule has 1 aromatic carbocycles. The molecule has 2 rings (SSSR count). The van der Waals surface area contributed by atoms with Crippen molar-refractivity contribution >= 4 is 16.7 Å². The van der Waals surface area contributed by atoms with Gasteiger partial charge in [-0.15, -0.1) is 0 Å². The van der Waals surface area contributed by atoms with Gasteiger partial charge in [0.1, 0.15) is 0 Å². The van der Waals surface area contributed by atoms with Gasteiger partial charge in [-0.1, -0.05) is 13.8 Å². The van der Waals surface area contributed by atoms with Gasteiger partial charge in [-0.2, -0.15) is 0 Å². The lowest BCUT2D eigenvalue weighted by Crippen LogP contribution is -2.20. The second kappa shape index (κ2) is 5.40. The number of rotatable bonds is 5. The third-order valence-electron chi connectivity index (χ3n) is 3.22. The highest BCUT2D eigenvalue weighted by Gasteiger charge is 2.17. The number of hydrogen-bond acceptors (Lipinski definition) is 3. The average molecular weight is 247 g/mol. The Labute approximate surface area is 108 Å². The molecule has 18 heavy (non-hydrogen) atoms. The number of imidazole rings is 1. The summed E-state index contributed by atoms with van der Waals surface area (Å²) in [5.74, 6) is 0.492. The topological polar surface area (TPSA) is 53.1 Å². The first kappa shape index (κ1) is 12.9. The van der Waals surface area contributed by atoms with E-state index >= 15 is 0 Å². The Morgan fingerprint density at radius 3 is 2.83 bits per heavy atom. The molecule has 4 heteroatoms. The number of nitrogens with zero attached hydrogens (tertiary/aromatic N) is 2. The van der Waals surface area contributed by atoms with Gasteiger partial charge in [0.05, 0.1) is 30.0 Å². The molecule has 0 saturated heterocycles. The predicted molar refractivity (Wildman–Crippen MR) is 74.5 cm³/mol. The molecule has 0 aliphatic carbocycles. The highest BCUT2D eigenvalue weighted by atomic mass is 16.5. The van der Waals surface area contributed by atoms with E-state index in [9.17, 15) is 0 Å². The van der Waals surface area contributed by atoms with Gasteiger partial charge in [0, 0.05) is 12.3 Å². The molecule has 0 aliphatic heterocycles. The molecule has 0 aliphatic rings. The van der Waals surface area contributed by atoms with Crippen molar-refractivity contribution in [2.45, 2.75) is 26.8 Å². The Kier molecular flexibility index (Phi) is 3.87. The van der Waals surface area contributed by atoms with Crippen LogP contribution in [0.1, 0.15) is 26.8 Å². The molecular weight excluding hydrogens is 226 g/mol. The van der Waals surface area contributed by atoms with Gasteiger partial charge >= 0.3 is 0 Å². The summed E-state index contributed by atoms with van der Waals surface area (Å²) in [6.45, 7) is 7.87. The van der Waals surface area contributed by atoms with Crippen molar-refractivity contribution < 1.29 is 4.74 Å². The highest BCUT2D eigenvalue weighted by molar-refractivity contribution is 5.79. The molecule has 1 aromatic heterocycles. The van der Waals surface area contributed by atoms with Crippen molar-refractivity contribution in [2.75, 3.05) is 18.9 Å². The summed E-state index contributed by atoms with van der Waals surface area (Å²) < 4.78 is 7.77. The first-order chi connectivity index (χ1) is 8.63. The zero-order chi connectivity index (χ0) is 13.1. The van der Waals surface area contributed by atoms with Gasteiger partial charge in [0.2, 0.25) is 0 Å². The number of benzene rings is 1. The van der Waals surface area contributed by atoms with Crippen LogP contribution in [-0.2, 0) is 4.74 Å². The maximum atomic E-state index is 5.78. The van der Waals surface area contributed by atoms with Gasteiger partial charge < -0.3 is 15.0 Å². The van der Waals surface area contributed by atoms with Crippen LogP contribution >= 0.6 is 0 Å². The number of fused-ring (bicyclic) bond motifs is 1. The maximum Gasteiger partial charge on any atom is 0.0961 e. The minimum absolute atomic E-state index is 0.304. The monoisotopic (exact) mass is 247 g/mol. The first-order valence-corrected chi connectivity index (χ1v) is 6.43. The molecule has 0 amide bonds. The molecule has 0 fully saturated rings. The Balaban J connectivity index is 2.38. The normalized spacial score (nSPS) is 13.3. The number of anilines is 1. The minimum atomic E-state index is 0.304. The van der Waals surface area contributed by atoms with Crippen LogP contribution in [0, 0.1) is 5.92 Å². The lowest BCUT2D eigenvalue weighted by atomic mass is 10.0. The van der Waals surface area contributed by atoms with E-state index in [2.05, 4.69) is 23.4 Å². The highest BCUT2D eigenvalue weighted by Crippen LogP contribution is 2.25. The first-order valence-electron chi connectivity index (χ1n) is 6.43. The third-order valence-corrected chi connectivity index (χ3v) is 3.22. The van der Waals surface area contributed by atoms with E-state index in [4.69, 9.17) is 10.5 Å². The third kappa shape index (κ3) is 2.48. The lowest BCUT2D eigenvalue weighted by Gasteiger charge is -2.23. The van der Waals surface area contributed by atoms with Gasteiger partial charge in [0.15, 0.2) is 0 Å². The molecule has 4 nitrogen and oxygen atoms in total. The molecule has 0 radical (unpaired) electrons. The van der Waals surface area contributed by atoms with Crippen LogP contribution in [0.3, 0.4) is 0 Å². The number of hydrogen-bond donors (Lipinski definition) is 1. The average Bonchev–Trinajstić information content (AvgIpc) is 2.72. The van der Waals surface area contributed by atoms with Crippen molar-refractivity contribution in [1.82, 2.24) is 9.55 Å². The van der Waals surface area contributed by atoms with E-state index in [-0.39, 0.29) is 0 Å². The summed E-state index contributed by atoms with van der Waals surface area (Å²) in [7, 11) is 0. The number of ether oxygens (including phenoxy) is 1. The Morgan fingerprint density at radius 1 is 1.39 bits per heavy atom. The summed E-state index contributed by atoms with van der Waals surface area (Å²) in [4.78, 5) is 4.42. The zero-order valence-electron chi connectivity index (χ0n) is 11.3. The predicted octanol–water partition coefficient (Wildman–Crippen LogP) is 2.85. The molecular formula is C14H21N3O. The molecule has 1 heterocycles. The number of nitrogens with two attached hydrogens (primary N) is 1. The summed E-state index contributed by atoms with van der Waals surface area (Å²) >= 11 is 0. The van der Waals surface area contributed by atoms with Crippen LogP contribution in [0.5, 0.6) is 0 Å². The van der Waals surface area contributed by atoms with Gasteiger partial charge in [-0.05, 0) is 31.0 Å². The zero-order valence-corrected chi connectivity index (χ0v) is 11.3. The standard InChI is InChI=1S/C14H21N3O/c1-4-18-8-14(10(2)3)17-9-16-12-7-11(15)5-6-13(12)17/h5-7,9-10,14H,4,8,15H2,1-3H3. The van der Waals surface area contributed by atoms with Gasteiger partial charge in [-0.25, -0.2) is 4.98 Å². The Morgan fingerprint density at radius 2 is 2.17 bits per heavy atom. The van der Waals surface area contributed by atoms with Crippen molar-refractivity contribution in [2.24, 2.45) is 5.92 Å². The van der Waals surface area contributed by atoms with Crippen molar-refractivity contribution in [3.8, 4) is 0 Å². The second-order valence-corrected chi connectivity index (χ2v) is 4.87. The summed E-state index contributed by atoms with van der Waals surface area (Å²) in [6, 6.07) is 6.15. The number of aromatic nitrogens is 2. The van der Waals surface area contributed by atoms with Crippen LogP contribution in [-0.4, -0.2) is 22.8 Å². The van der Waals surface area contributed by atoms with E-state index in [0.717, 1.165) is 23.3 Å². The molecule has 1 unspecified atom stereocenters. The number of nitrogen functional groups attached to an aromatic ring is 1. The van der Waals surface area contributed by atoms with E-state index < -0.39 is 0 Å². The maximum absolute atomic E-state index is 5.78. The smallest absolute Gasteiger partial charge is 0.0961 e. The second-order valence-electron chi connectivity index (χ2n) is 4.87. The Bertz CT molecular complexity index is 519. The van der Waals surface area contributed by atoms with Crippen LogP contribution < -0.4 is 5.73 Å². The fourth-order valence-corrected chi connectivity index (χ4v) is 2.15. The summed E-state index contributed by atoms with van der Waals surface area (Å²) in [6.07, 6.45) is 1.88. The summed E-state index contributed by atoms with van der Waals surface area (Å²) in [5.41, 5.74) is 8.58. The SMILES string of the molecule is CCOCC(C(C)C)n1cnc2cc(N)ccc21. The quantitative estimate of drug-likeness (QED) is 0.827. The van der Waals surface area contributed by atoms with Gasteiger partial charge in [0.25, 0.3) is 0 Å². The van der Waals surface area contributed by atoms with E-state index in [1.807, 2.05) is 31.5 Å². The largest absolute Gasteiger partial charge is 0.399 e. The Hall–Kier alpha value is -1.55. The fraction of sp³-hybridized carbons (Fsp3) is 0.500. The van der Waals surface area contributed by atoms with Crippen molar-refractivity contribution in [3.63, 3.8) is 0 Å². The molecule has 0 saturated carbocycles.